The Bertz CT molecular complexity index is 1400. The maximum atomic E-state index is 13.3. The van der Waals surface area contributed by atoms with Crippen LogP contribution in [0.1, 0.15) is 59.5 Å². The number of hydrogen-bond acceptors (Lipinski definition) is 8. The summed E-state index contributed by atoms with van der Waals surface area (Å²) in [6.45, 7) is 8.04. The number of ether oxygens (including phenoxy) is 1. The second-order valence-electron chi connectivity index (χ2n) is 9.83. The molecule has 1 aromatic heterocycles. The monoisotopic (exact) mass is 552 g/mol. The van der Waals surface area contributed by atoms with Crippen LogP contribution in [0.15, 0.2) is 41.4 Å². The van der Waals surface area contributed by atoms with Crippen molar-refractivity contribution in [3.05, 3.63) is 56.7 Å². The summed E-state index contributed by atoms with van der Waals surface area (Å²) in [6.07, 6.45) is -0.803. The van der Waals surface area contributed by atoms with Crippen LogP contribution in [0.4, 0.5) is 4.79 Å². The van der Waals surface area contributed by atoms with E-state index < -0.39 is 49.5 Å². The van der Waals surface area contributed by atoms with Crippen molar-refractivity contribution in [2.45, 2.75) is 50.6 Å². The van der Waals surface area contributed by atoms with E-state index in [4.69, 9.17) is 16.3 Å². The van der Waals surface area contributed by atoms with E-state index >= 15 is 0 Å². The van der Waals surface area contributed by atoms with Gasteiger partial charge in [-0.15, -0.1) is 11.3 Å². The molecular formula is C23H25ClN4O6S2. The maximum absolute atomic E-state index is 13.3. The van der Waals surface area contributed by atoms with E-state index in [9.17, 15) is 22.8 Å². The van der Waals surface area contributed by atoms with Crippen LogP contribution >= 0.6 is 22.9 Å². The molecule has 36 heavy (non-hydrogen) atoms. The third-order valence-electron chi connectivity index (χ3n) is 5.73. The van der Waals surface area contributed by atoms with Crippen LogP contribution in [0.5, 0.6) is 0 Å². The van der Waals surface area contributed by atoms with Gasteiger partial charge in [-0.2, -0.15) is 0 Å². The Morgan fingerprint density at radius 2 is 1.72 bits per heavy atom. The van der Waals surface area contributed by atoms with E-state index in [2.05, 4.69) is 15.8 Å². The lowest BCUT2D eigenvalue weighted by Crippen LogP contribution is -2.42. The third kappa shape index (κ3) is 4.48. The Kier molecular flexibility index (Phi) is 6.21. The first-order valence-electron chi connectivity index (χ1n) is 10.9. The van der Waals surface area contributed by atoms with Crippen molar-refractivity contribution in [2.24, 2.45) is 4.99 Å². The largest absolute Gasteiger partial charge is 0.443 e. The predicted octanol–water partition coefficient (Wildman–Crippen LogP) is 3.49. The van der Waals surface area contributed by atoms with Gasteiger partial charge in [0.25, 0.3) is 11.8 Å². The van der Waals surface area contributed by atoms with Crippen LogP contribution in [-0.4, -0.2) is 53.3 Å². The van der Waals surface area contributed by atoms with Crippen molar-refractivity contribution >= 4 is 56.5 Å². The number of fused-ring (bicyclic) bond motifs is 1. The number of sulfone groups is 1. The first kappa shape index (κ1) is 26.1. The maximum Gasteiger partial charge on any atom is 0.417 e. The molecule has 4 rings (SSSR count). The second-order valence-corrected chi connectivity index (χ2v) is 13.6. The van der Waals surface area contributed by atoms with Gasteiger partial charge in [-0.25, -0.2) is 18.1 Å². The summed E-state index contributed by atoms with van der Waals surface area (Å²) in [5, 5.41) is 0.148. The topological polar surface area (TPSA) is 134 Å². The first-order valence-corrected chi connectivity index (χ1v) is 13.8. The molecule has 0 aliphatic carbocycles. The summed E-state index contributed by atoms with van der Waals surface area (Å²) in [5.74, 6) is -1.49. The lowest BCUT2D eigenvalue weighted by molar-refractivity contribution is 0.0422. The van der Waals surface area contributed by atoms with Crippen molar-refractivity contribution in [1.82, 2.24) is 15.8 Å². The van der Waals surface area contributed by atoms with E-state index in [0.717, 1.165) is 16.2 Å². The van der Waals surface area contributed by atoms with Crippen molar-refractivity contribution in [1.29, 1.82) is 0 Å². The minimum Gasteiger partial charge on any atom is -0.443 e. The quantitative estimate of drug-likeness (QED) is 0.442. The molecule has 0 radical (unpaired) electrons. The fourth-order valence-corrected chi connectivity index (χ4v) is 7.54. The number of nitrogens with one attached hydrogen (secondary N) is 2. The van der Waals surface area contributed by atoms with Crippen molar-refractivity contribution in [2.75, 3.05) is 5.75 Å². The Hall–Kier alpha value is -2.96. The lowest BCUT2D eigenvalue weighted by Gasteiger charge is -2.28. The number of rotatable bonds is 3. The van der Waals surface area contributed by atoms with Gasteiger partial charge in [0.05, 0.1) is 20.5 Å². The Balaban J connectivity index is 1.57. The molecule has 2 atom stereocenters. The molecular weight excluding hydrogens is 528 g/mol. The van der Waals surface area contributed by atoms with Gasteiger partial charge >= 0.3 is 6.09 Å². The number of hydrogen-bond donors (Lipinski definition) is 2. The molecule has 0 spiro atoms. The Labute approximate surface area is 217 Å². The van der Waals surface area contributed by atoms with Crippen molar-refractivity contribution in [3.63, 3.8) is 0 Å². The zero-order valence-electron chi connectivity index (χ0n) is 20.2. The third-order valence-corrected chi connectivity index (χ3v) is 10.0. The number of nitrogens with zero attached hydrogens (tertiary/aromatic N) is 2. The van der Waals surface area contributed by atoms with E-state index in [0.29, 0.717) is 10.4 Å². The number of hydrazine groups is 1. The zero-order valence-corrected chi connectivity index (χ0v) is 22.6. The molecule has 2 unspecified atom stereocenters. The number of amides is 3. The SMILES string of the molecule is CC(C)(C)OC(=O)N1C2=NC(C)(c3sc(C(=O)NNC(=O)c4ccccc4)cc3Cl)CS(=O)(=O)C21C. The highest BCUT2D eigenvalue weighted by atomic mass is 35.5. The molecule has 3 heterocycles. The molecule has 0 bridgehead atoms. The molecule has 1 saturated heterocycles. The van der Waals surface area contributed by atoms with Gasteiger partial charge < -0.3 is 4.74 Å². The predicted molar refractivity (Wildman–Crippen MR) is 136 cm³/mol. The van der Waals surface area contributed by atoms with Crippen LogP contribution < -0.4 is 10.9 Å². The van der Waals surface area contributed by atoms with E-state index in [-0.39, 0.29) is 15.7 Å². The molecule has 2 aromatic rings. The van der Waals surface area contributed by atoms with Crippen LogP contribution in [0.25, 0.3) is 0 Å². The van der Waals surface area contributed by atoms with Crippen LogP contribution in [0.3, 0.4) is 0 Å². The van der Waals surface area contributed by atoms with Gasteiger partial charge in [-0.3, -0.25) is 25.4 Å². The van der Waals surface area contributed by atoms with Crippen molar-refractivity contribution in [3.8, 4) is 0 Å². The number of benzene rings is 1. The molecule has 1 aromatic carbocycles. The van der Waals surface area contributed by atoms with Gasteiger partial charge in [0.15, 0.2) is 15.7 Å². The molecule has 1 fully saturated rings. The number of halogens is 1. The average Bonchev–Trinajstić information content (AvgIpc) is 3.18. The van der Waals surface area contributed by atoms with Gasteiger partial charge in [0, 0.05) is 5.56 Å². The molecule has 0 saturated carbocycles. The number of amidine groups is 1. The summed E-state index contributed by atoms with van der Waals surface area (Å²) in [4.78, 5) is 42.1. The van der Waals surface area contributed by atoms with Gasteiger partial charge in [-0.1, -0.05) is 29.8 Å². The standard InChI is InChI=1S/C23H25ClN4O6S2/c1-21(2,3)34-20(31)28-19-23(28,5)36(32,33)12-22(4,25-19)16-14(24)11-15(35-16)18(30)27-26-17(29)13-9-7-6-8-10-13/h6-11H,12H2,1-5H3,(H,26,29)(H,27,30). The molecule has 2 aliphatic heterocycles. The summed E-state index contributed by atoms with van der Waals surface area (Å²) < 4.78 is 31.9. The zero-order chi connectivity index (χ0) is 26.7. The number of carbonyl (C=O) groups excluding carboxylic acids is 3. The first-order chi connectivity index (χ1) is 16.6. The van der Waals surface area contributed by atoms with Gasteiger partial charge in [0.1, 0.15) is 11.1 Å². The van der Waals surface area contributed by atoms with Crippen LogP contribution in [0.2, 0.25) is 5.02 Å². The molecule has 2 N–H and O–H groups in total. The summed E-state index contributed by atoms with van der Waals surface area (Å²) in [7, 11) is -3.89. The van der Waals surface area contributed by atoms with Gasteiger partial charge in [-0.05, 0) is 52.8 Å². The normalized spacial score (nSPS) is 24.3. The highest BCUT2D eigenvalue weighted by molar-refractivity contribution is 7.94. The molecule has 192 valence electrons. The van der Waals surface area contributed by atoms with E-state index in [1.807, 2.05) is 0 Å². The fourth-order valence-electron chi connectivity index (χ4n) is 3.88. The van der Waals surface area contributed by atoms with Crippen LogP contribution in [0, 0.1) is 0 Å². The lowest BCUT2D eigenvalue weighted by atomic mass is 10.0. The average molecular weight is 553 g/mol. The second kappa shape index (κ2) is 8.56. The summed E-state index contributed by atoms with van der Waals surface area (Å²) in [6, 6.07) is 9.72. The summed E-state index contributed by atoms with van der Waals surface area (Å²) in [5.41, 5.74) is 2.86. The van der Waals surface area contributed by atoms with E-state index in [1.54, 1.807) is 58.0 Å². The minimum absolute atomic E-state index is 0.0658. The Morgan fingerprint density at radius 3 is 2.33 bits per heavy atom. The Morgan fingerprint density at radius 1 is 1.11 bits per heavy atom. The van der Waals surface area contributed by atoms with Crippen molar-refractivity contribution < 1.29 is 27.5 Å². The number of aliphatic imine (C=N–C) groups is 1. The minimum atomic E-state index is -3.89. The number of thiophene rings is 1. The molecule has 3 amide bonds. The molecule has 10 nitrogen and oxygen atoms in total. The highest BCUT2D eigenvalue weighted by Crippen LogP contribution is 2.52. The fraction of sp³-hybridized carbons (Fsp3) is 0.391. The summed E-state index contributed by atoms with van der Waals surface area (Å²) >= 11 is 7.38. The van der Waals surface area contributed by atoms with Gasteiger partial charge in [0.2, 0.25) is 4.87 Å². The number of carbonyl (C=O) groups is 3. The smallest absolute Gasteiger partial charge is 0.417 e. The van der Waals surface area contributed by atoms with Crippen LogP contribution in [-0.2, 0) is 20.1 Å². The molecule has 2 aliphatic rings. The highest BCUT2D eigenvalue weighted by Gasteiger charge is 2.73. The molecule has 13 heteroatoms. The van der Waals surface area contributed by atoms with E-state index in [1.165, 1.54) is 13.0 Å².